The molecule has 0 saturated heterocycles. The summed E-state index contributed by atoms with van der Waals surface area (Å²) in [7, 11) is -4.32. The van der Waals surface area contributed by atoms with Gasteiger partial charge in [0.25, 0.3) is 10.1 Å². The summed E-state index contributed by atoms with van der Waals surface area (Å²) in [6.07, 6.45) is 13.6. The molecule has 7 heteroatoms. The van der Waals surface area contributed by atoms with E-state index in [1.54, 1.807) is 12.1 Å². The maximum absolute atomic E-state index is 12.3. The van der Waals surface area contributed by atoms with Crippen molar-refractivity contribution in [2.75, 3.05) is 0 Å². The average Bonchev–Trinajstić information content (AvgIpc) is 2.71. The van der Waals surface area contributed by atoms with Crippen molar-refractivity contribution < 1.29 is 52.4 Å². The van der Waals surface area contributed by atoms with Crippen LogP contribution in [0.2, 0.25) is 0 Å². The van der Waals surface area contributed by atoms with Gasteiger partial charge in [-0.1, -0.05) is 88.7 Å². The molecule has 1 N–H and O–H groups in total. The van der Waals surface area contributed by atoms with Crippen LogP contribution in [-0.2, 0) is 16.5 Å². The average molecular weight is 457 g/mol. The van der Waals surface area contributed by atoms with E-state index in [1.165, 1.54) is 82.1 Å². The van der Waals surface area contributed by atoms with E-state index in [0.717, 1.165) is 18.4 Å². The van der Waals surface area contributed by atoms with Crippen LogP contribution in [0.25, 0.3) is 0 Å². The van der Waals surface area contributed by atoms with E-state index in [-0.39, 0.29) is 51.7 Å². The Kier molecular flexibility index (Phi) is 13.5. The van der Waals surface area contributed by atoms with Gasteiger partial charge in [-0.05, 0) is 36.6 Å². The fraction of sp³-hybridized carbons (Fsp3) is 0.500. The summed E-state index contributed by atoms with van der Waals surface area (Å²) < 4.78 is 37.1. The molecule has 0 bridgehead atoms. The van der Waals surface area contributed by atoms with Crippen molar-refractivity contribution >= 4 is 10.1 Å². The van der Waals surface area contributed by atoms with Crippen LogP contribution in [0.15, 0.2) is 47.4 Å². The van der Waals surface area contributed by atoms with Crippen molar-refractivity contribution in [1.29, 1.82) is 0 Å². The molecule has 0 spiro atoms. The van der Waals surface area contributed by atoms with Crippen molar-refractivity contribution in [2.45, 2.75) is 82.4 Å². The van der Waals surface area contributed by atoms with E-state index in [9.17, 15) is 13.5 Å². The minimum atomic E-state index is -4.32. The molecule has 0 radical (unpaired) electrons. The number of ether oxygens (including phenoxy) is 1. The van der Waals surface area contributed by atoms with Crippen molar-refractivity contribution in [1.82, 2.24) is 0 Å². The third-order valence-corrected chi connectivity index (χ3v) is 6.01. The van der Waals surface area contributed by atoms with Gasteiger partial charge in [0, 0.05) is 6.07 Å². The van der Waals surface area contributed by atoms with Gasteiger partial charge in [0.1, 0.15) is 11.5 Å². The van der Waals surface area contributed by atoms with Crippen molar-refractivity contribution in [3.05, 3.63) is 48.0 Å². The van der Waals surface area contributed by atoms with Gasteiger partial charge in [0.05, 0.1) is 4.90 Å². The van der Waals surface area contributed by atoms with Crippen LogP contribution in [0.1, 0.15) is 76.7 Å². The van der Waals surface area contributed by atoms with E-state index in [1.807, 2.05) is 6.07 Å². The summed E-state index contributed by atoms with van der Waals surface area (Å²) in [6.45, 7) is 2.24. The van der Waals surface area contributed by atoms with Crippen molar-refractivity contribution in [3.63, 3.8) is 0 Å². The fourth-order valence-corrected chi connectivity index (χ4v) is 3.95. The monoisotopic (exact) mass is 456 g/mol. The fourth-order valence-electron chi connectivity index (χ4n) is 3.43. The minimum absolute atomic E-state index is 0. The first kappa shape index (κ1) is 28.0. The normalized spacial score (nSPS) is 11.2. The van der Waals surface area contributed by atoms with Gasteiger partial charge in [-0.25, -0.2) is 0 Å². The van der Waals surface area contributed by atoms with E-state index in [4.69, 9.17) is 9.29 Å². The van der Waals surface area contributed by atoms with Gasteiger partial charge in [0.2, 0.25) is 0 Å². The summed E-state index contributed by atoms with van der Waals surface area (Å²) in [6, 6.07) is 10.5. The van der Waals surface area contributed by atoms with E-state index < -0.39 is 10.1 Å². The van der Waals surface area contributed by atoms with Crippen LogP contribution in [0.4, 0.5) is 0 Å². The molecule has 5 nitrogen and oxygen atoms in total. The van der Waals surface area contributed by atoms with E-state index in [2.05, 4.69) is 6.92 Å². The standard InChI is InChI=1S/C24H34O5S.Na/c1-2-3-4-5-6-7-8-9-10-11-13-20-16-17-24(23(25)18-20)29-21-14-12-15-22(19-21)30(26,27)28;/h12,14-19,25H,2-11,13H2,1H3,(H,26,27,28);/q;+1/p-1. The second kappa shape index (κ2) is 14.9. The van der Waals surface area contributed by atoms with Crippen LogP contribution < -0.4 is 39.4 Å². The molecule has 0 amide bonds. The number of hydrogen-bond acceptors (Lipinski definition) is 4. The van der Waals surface area contributed by atoms with E-state index >= 15 is 0 Å². The Balaban J connectivity index is 0.00000480. The molecular formula is C24H33NaO5S. The van der Waals surface area contributed by atoms with Gasteiger partial charge in [-0.3, -0.25) is 4.55 Å². The zero-order chi connectivity index (χ0) is 21.8. The van der Waals surface area contributed by atoms with Gasteiger partial charge >= 0.3 is 29.6 Å². The summed E-state index contributed by atoms with van der Waals surface area (Å²) in [5, 5.41) is 12.3. The van der Waals surface area contributed by atoms with Gasteiger partial charge in [0.15, 0.2) is 0 Å². The Morgan fingerprint density at radius 2 is 1.48 bits per heavy atom. The van der Waals surface area contributed by atoms with E-state index in [0.29, 0.717) is 0 Å². The Morgan fingerprint density at radius 3 is 2.06 bits per heavy atom. The molecule has 2 aromatic rings. The van der Waals surface area contributed by atoms with Gasteiger partial charge < -0.3 is 9.84 Å². The number of hydrogen-bond donors (Lipinski definition) is 1. The number of aryl methyl sites for hydroxylation is 1. The van der Waals surface area contributed by atoms with Crippen LogP contribution in [0, 0.1) is 0 Å². The molecule has 0 aliphatic rings. The molecule has 166 valence electrons. The maximum atomic E-state index is 12.3. The predicted molar refractivity (Wildman–Crippen MR) is 118 cm³/mol. The quantitative estimate of drug-likeness (QED) is 0.268. The van der Waals surface area contributed by atoms with Crippen LogP contribution >= 0.6 is 0 Å². The molecule has 0 unspecified atom stereocenters. The van der Waals surface area contributed by atoms with Crippen molar-refractivity contribution in [3.8, 4) is 17.2 Å². The molecule has 31 heavy (non-hydrogen) atoms. The van der Waals surface area contributed by atoms with Gasteiger partial charge in [-0.2, -0.15) is 8.42 Å². The summed E-state index contributed by atoms with van der Waals surface area (Å²) in [4.78, 5) is -0.273. The molecule has 0 aliphatic carbocycles. The molecule has 0 atom stereocenters. The van der Waals surface area contributed by atoms with Crippen LogP contribution in [-0.4, -0.2) is 13.0 Å². The second-order valence-electron chi connectivity index (χ2n) is 7.77. The molecule has 0 saturated carbocycles. The Morgan fingerprint density at radius 1 is 0.871 bits per heavy atom. The molecule has 2 aromatic carbocycles. The first-order valence-corrected chi connectivity index (χ1v) is 12.4. The summed E-state index contributed by atoms with van der Waals surface area (Å²) in [5.41, 5.74) is 0.985. The number of benzene rings is 2. The second-order valence-corrected chi connectivity index (χ2v) is 9.19. The zero-order valence-corrected chi connectivity index (χ0v) is 21.6. The molecule has 0 aromatic heterocycles. The number of rotatable bonds is 14. The third kappa shape index (κ3) is 10.9. The van der Waals surface area contributed by atoms with Gasteiger partial charge in [-0.15, -0.1) is 0 Å². The van der Waals surface area contributed by atoms with Crippen LogP contribution in [0.5, 0.6) is 17.2 Å². The topological polar surface area (TPSA) is 86.7 Å². The first-order valence-electron chi connectivity index (χ1n) is 11.0. The smallest absolute Gasteiger partial charge is 0.870 e. The number of unbranched alkanes of at least 4 members (excludes halogenated alkanes) is 9. The minimum Gasteiger partial charge on any atom is -0.870 e. The largest absolute Gasteiger partial charge is 1.00 e. The Labute approximate surface area is 209 Å². The molecule has 0 heterocycles. The molecule has 2 rings (SSSR count). The molecule has 0 aliphatic heterocycles. The predicted octanol–water partition coefficient (Wildman–Crippen LogP) is 3.27. The van der Waals surface area contributed by atoms with Crippen molar-refractivity contribution in [2.24, 2.45) is 0 Å². The summed E-state index contributed by atoms with van der Waals surface area (Å²) >= 11 is 0. The molecular weight excluding hydrogens is 423 g/mol. The zero-order valence-electron chi connectivity index (χ0n) is 18.8. The molecule has 0 fully saturated rings. The third-order valence-electron chi connectivity index (χ3n) is 5.16. The SMILES string of the molecule is CCCCCCCCCCCCc1ccc(Oc2cccc(S(=O)(=O)O)c2)c([O-])c1.[Na+]. The van der Waals surface area contributed by atoms with Crippen LogP contribution in [0.3, 0.4) is 0 Å². The first-order chi connectivity index (χ1) is 14.4. The Bertz CT molecular complexity index is 883. The summed E-state index contributed by atoms with van der Waals surface area (Å²) in [5.74, 6) is 0.0795. The Hall–Kier alpha value is -1.05. The maximum Gasteiger partial charge on any atom is 1.00 e.